The van der Waals surface area contributed by atoms with E-state index in [0.29, 0.717) is 21.6 Å². The number of hydrogen-bond acceptors (Lipinski definition) is 3. The quantitative estimate of drug-likeness (QED) is 0.872. The molecule has 1 aromatic heterocycles. The molecule has 1 heterocycles. The molecule has 88 valence electrons. The van der Waals surface area contributed by atoms with Crippen LogP contribution in [-0.4, -0.2) is 4.98 Å². The number of hydrogen-bond donors (Lipinski definition) is 2. The summed E-state index contributed by atoms with van der Waals surface area (Å²) in [5.41, 5.74) is 6.19. The van der Waals surface area contributed by atoms with Gasteiger partial charge in [0.1, 0.15) is 11.6 Å². The van der Waals surface area contributed by atoms with Crippen molar-refractivity contribution >= 4 is 40.4 Å². The van der Waals surface area contributed by atoms with Gasteiger partial charge in [-0.25, -0.2) is 9.37 Å². The maximum atomic E-state index is 13.5. The van der Waals surface area contributed by atoms with Crippen LogP contribution in [0.15, 0.2) is 30.5 Å². The Morgan fingerprint density at radius 2 is 2.00 bits per heavy atom. The third-order valence-corrected chi connectivity index (χ3v) is 2.57. The molecular weight excluding hydrogens is 264 g/mol. The Kier molecular flexibility index (Phi) is 3.36. The van der Waals surface area contributed by atoms with E-state index >= 15 is 0 Å². The van der Waals surface area contributed by atoms with E-state index in [-0.39, 0.29) is 5.69 Å². The first kappa shape index (κ1) is 12.0. The molecule has 0 aliphatic heterocycles. The van der Waals surface area contributed by atoms with Crippen molar-refractivity contribution in [3.8, 4) is 0 Å². The highest BCUT2D eigenvalue weighted by Crippen LogP contribution is 2.27. The van der Waals surface area contributed by atoms with Gasteiger partial charge in [-0.2, -0.15) is 0 Å². The Balaban J connectivity index is 2.31. The molecule has 2 aromatic rings. The molecule has 0 aliphatic rings. The van der Waals surface area contributed by atoms with E-state index < -0.39 is 5.82 Å². The zero-order valence-electron chi connectivity index (χ0n) is 8.55. The number of nitrogens with two attached hydrogens (primary N) is 1. The summed E-state index contributed by atoms with van der Waals surface area (Å²) < 4.78 is 13.5. The number of nitrogen functional groups attached to an aromatic ring is 1. The predicted molar refractivity (Wildman–Crippen MR) is 68.4 cm³/mol. The fourth-order valence-electron chi connectivity index (χ4n) is 1.26. The first-order chi connectivity index (χ1) is 8.06. The highest BCUT2D eigenvalue weighted by Gasteiger charge is 2.07. The molecule has 0 spiro atoms. The molecule has 0 amide bonds. The molecule has 0 bridgehead atoms. The zero-order valence-corrected chi connectivity index (χ0v) is 10.1. The molecule has 3 nitrogen and oxygen atoms in total. The molecular formula is C11H8Cl2FN3. The van der Waals surface area contributed by atoms with Crippen LogP contribution in [0.3, 0.4) is 0 Å². The molecule has 0 saturated heterocycles. The van der Waals surface area contributed by atoms with Crippen LogP contribution in [0.2, 0.25) is 10.0 Å². The van der Waals surface area contributed by atoms with Crippen LogP contribution in [-0.2, 0) is 0 Å². The number of rotatable bonds is 2. The van der Waals surface area contributed by atoms with Gasteiger partial charge in [0, 0.05) is 5.02 Å². The lowest BCUT2D eigenvalue weighted by Crippen LogP contribution is -1.98. The van der Waals surface area contributed by atoms with Crippen LogP contribution in [0, 0.1) is 5.82 Å². The minimum absolute atomic E-state index is 0.244. The van der Waals surface area contributed by atoms with Gasteiger partial charge in [-0.1, -0.05) is 23.2 Å². The SMILES string of the molecule is Nc1cnc(Nc2ccc(Cl)cc2F)c(Cl)c1. The van der Waals surface area contributed by atoms with Crippen LogP contribution in [0.4, 0.5) is 21.6 Å². The molecule has 0 unspecified atom stereocenters. The average Bonchev–Trinajstić information content (AvgIpc) is 2.25. The summed E-state index contributed by atoms with van der Waals surface area (Å²) in [6, 6.07) is 5.81. The second-order valence-electron chi connectivity index (χ2n) is 3.35. The maximum Gasteiger partial charge on any atom is 0.149 e. The summed E-state index contributed by atoms with van der Waals surface area (Å²) in [6.07, 6.45) is 1.43. The number of anilines is 3. The van der Waals surface area contributed by atoms with Gasteiger partial charge in [-0.3, -0.25) is 0 Å². The molecule has 0 aliphatic carbocycles. The lowest BCUT2D eigenvalue weighted by atomic mass is 10.3. The van der Waals surface area contributed by atoms with Crippen molar-refractivity contribution in [3.63, 3.8) is 0 Å². The largest absolute Gasteiger partial charge is 0.397 e. The Morgan fingerprint density at radius 3 is 2.65 bits per heavy atom. The van der Waals surface area contributed by atoms with E-state index in [0.717, 1.165) is 0 Å². The normalized spacial score (nSPS) is 10.3. The van der Waals surface area contributed by atoms with E-state index in [1.807, 2.05) is 0 Å². The highest BCUT2D eigenvalue weighted by atomic mass is 35.5. The maximum absolute atomic E-state index is 13.5. The first-order valence-corrected chi connectivity index (χ1v) is 5.45. The van der Waals surface area contributed by atoms with E-state index in [2.05, 4.69) is 10.3 Å². The third kappa shape index (κ3) is 2.78. The lowest BCUT2D eigenvalue weighted by molar-refractivity contribution is 0.632. The van der Waals surface area contributed by atoms with Crippen molar-refractivity contribution in [2.24, 2.45) is 0 Å². The fraction of sp³-hybridized carbons (Fsp3) is 0. The van der Waals surface area contributed by atoms with Crippen molar-refractivity contribution in [3.05, 3.63) is 46.3 Å². The molecule has 2 rings (SSSR count). The van der Waals surface area contributed by atoms with Crippen molar-refractivity contribution in [1.82, 2.24) is 4.98 Å². The highest BCUT2D eigenvalue weighted by molar-refractivity contribution is 6.33. The number of nitrogens with zero attached hydrogens (tertiary/aromatic N) is 1. The molecule has 3 N–H and O–H groups in total. The van der Waals surface area contributed by atoms with Crippen molar-refractivity contribution < 1.29 is 4.39 Å². The van der Waals surface area contributed by atoms with E-state index in [1.165, 1.54) is 24.4 Å². The topological polar surface area (TPSA) is 50.9 Å². The Bertz CT molecular complexity index is 511. The molecule has 1 aromatic carbocycles. The fourth-order valence-corrected chi connectivity index (χ4v) is 1.64. The Hall–Kier alpha value is -1.52. The van der Waals surface area contributed by atoms with Gasteiger partial charge in [0.2, 0.25) is 0 Å². The number of pyridine rings is 1. The van der Waals surface area contributed by atoms with Crippen LogP contribution in [0.5, 0.6) is 0 Å². The minimum Gasteiger partial charge on any atom is -0.397 e. The van der Waals surface area contributed by atoms with Gasteiger partial charge < -0.3 is 11.1 Å². The van der Waals surface area contributed by atoms with E-state index in [1.54, 1.807) is 6.07 Å². The molecule has 0 atom stereocenters. The standard InChI is InChI=1S/C11H8Cl2FN3/c12-6-1-2-10(9(14)3-6)17-11-8(13)4-7(15)5-16-11/h1-5H,15H2,(H,16,17). The van der Waals surface area contributed by atoms with Crippen LogP contribution in [0.1, 0.15) is 0 Å². The second kappa shape index (κ2) is 4.77. The lowest BCUT2D eigenvalue weighted by Gasteiger charge is -2.08. The van der Waals surface area contributed by atoms with Crippen LogP contribution in [0.25, 0.3) is 0 Å². The number of halogens is 3. The molecule has 0 saturated carbocycles. The Labute approximate surface area is 107 Å². The van der Waals surface area contributed by atoms with Gasteiger partial charge in [-0.05, 0) is 24.3 Å². The summed E-state index contributed by atoms with van der Waals surface area (Å²) in [4.78, 5) is 3.97. The number of nitrogens with one attached hydrogen (secondary N) is 1. The van der Waals surface area contributed by atoms with E-state index in [4.69, 9.17) is 28.9 Å². The van der Waals surface area contributed by atoms with Crippen molar-refractivity contribution in [2.75, 3.05) is 11.1 Å². The van der Waals surface area contributed by atoms with Crippen molar-refractivity contribution in [1.29, 1.82) is 0 Å². The monoisotopic (exact) mass is 271 g/mol. The molecule has 0 fully saturated rings. The van der Waals surface area contributed by atoms with Crippen molar-refractivity contribution in [2.45, 2.75) is 0 Å². The summed E-state index contributed by atoms with van der Waals surface area (Å²) in [5, 5.41) is 3.41. The Morgan fingerprint density at radius 1 is 1.24 bits per heavy atom. The van der Waals surface area contributed by atoms with Crippen LogP contribution < -0.4 is 11.1 Å². The second-order valence-corrected chi connectivity index (χ2v) is 4.19. The van der Waals surface area contributed by atoms with Gasteiger partial charge >= 0.3 is 0 Å². The summed E-state index contributed by atoms with van der Waals surface area (Å²) >= 11 is 11.6. The smallest absolute Gasteiger partial charge is 0.149 e. The summed E-state index contributed by atoms with van der Waals surface area (Å²) in [5.74, 6) is -0.144. The van der Waals surface area contributed by atoms with Gasteiger partial charge in [0.15, 0.2) is 0 Å². The summed E-state index contributed by atoms with van der Waals surface area (Å²) in [6.45, 7) is 0. The molecule has 0 radical (unpaired) electrons. The van der Waals surface area contributed by atoms with Crippen LogP contribution >= 0.6 is 23.2 Å². The zero-order chi connectivity index (χ0) is 12.4. The number of benzene rings is 1. The summed E-state index contributed by atoms with van der Waals surface area (Å²) in [7, 11) is 0. The average molecular weight is 272 g/mol. The molecule has 17 heavy (non-hydrogen) atoms. The van der Waals surface area contributed by atoms with Gasteiger partial charge in [0.25, 0.3) is 0 Å². The van der Waals surface area contributed by atoms with Gasteiger partial charge in [0.05, 0.1) is 22.6 Å². The predicted octanol–water partition coefficient (Wildman–Crippen LogP) is 3.85. The minimum atomic E-state index is -0.479. The van der Waals surface area contributed by atoms with Gasteiger partial charge in [-0.15, -0.1) is 0 Å². The number of aromatic nitrogens is 1. The molecule has 6 heteroatoms. The van der Waals surface area contributed by atoms with E-state index in [9.17, 15) is 4.39 Å². The third-order valence-electron chi connectivity index (χ3n) is 2.05. The first-order valence-electron chi connectivity index (χ1n) is 4.69.